The molecule has 8 nitrogen and oxygen atoms in total. The van der Waals surface area contributed by atoms with Crippen LogP contribution < -0.4 is 20.1 Å². The predicted molar refractivity (Wildman–Crippen MR) is 140 cm³/mol. The van der Waals surface area contributed by atoms with Gasteiger partial charge in [0.15, 0.2) is 11.5 Å². The van der Waals surface area contributed by atoms with Crippen molar-refractivity contribution in [1.82, 2.24) is 0 Å². The normalized spacial score (nSPS) is 13.6. The van der Waals surface area contributed by atoms with Gasteiger partial charge < -0.3 is 30.3 Å². The number of ether oxygens (including phenoxy) is 2. The van der Waals surface area contributed by atoms with Crippen LogP contribution in [0.1, 0.15) is 18.4 Å². The Morgan fingerprint density at radius 2 is 1.62 bits per heavy atom. The molecule has 0 amide bonds. The number of nitriles is 1. The van der Waals surface area contributed by atoms with Crippen LogP contribution in [0.4, 0.5) is 23.2 Å². The summed E-state index contributed by atoms with van der Waals surface area (Å²) in [5.74, 6) is -2.42. The Morgan fingerprint density at radius 3 is 2.12 bits per heavy atom. The number of nitrogens with two attached hydrogens (primary N) is 1. The number of phenols is 1. The molecule has 0 radical (unpaired) electrons. The van der Waals surface area contributed by atoms with E-state index in [-0.39, 0.29) is 17.4 Å². The number of nitrogens with zero attached hydrogens (tertiary/aromatic N) is 2. The van der Waals surface area contributed by atoms with Gasteiger partial charge in [-0.05, 0) is 59.9 Å². The fourth-order valence-electron chi connectivity index (χ4n) is 4.25. The van der Waals surface area contributed by atoms with Gasteiger partial charge in [-0.15, -0.1) is 0 Å². The Balaban J connectivity index is 0.000000559. The molecule has 0 spiro atoms. The third-order valence-corrected chi connectivity index (χ3v) is 6.32. The summed E-state index contributed by atoms with van der Waals surface area (Å²) in [6, 6.07) is 15.6. The van der Waals surface area contributed by atoms with Crippen molar-refractivity contribution in [2.45, 2.75) is 25.1 Å². The summed E-state index contributed by atoms with van der Waals surface area (Å²) in [6.45, 7) is 1.63. The van der Waals surface area contributed by atoms with Gasteiger partial charge in [0, 0.05) is 36.4 Å². The van der Waals surface area contributed by atoms with Crippen molar-refractivity contribution >= 4 is 11.7 Å². The first kappa shape index (κ1) is 30.0. The maximum atomic E-state index is 14.6. The number of methoxy groups -OCH3 is 2. The number of carbonyl (C=O) groups is 1. The summed E-state index contributed by atoms with van der Waals surface area (Å²) in [4.78, 5) is 11.1. The number of piperidine rings is 1. The monoisotopic (exact) mass is 561 g/mol. The molecule has 1 aliphatic rings. The number of carboxylic acids is 1. The molecule has 1 heterocycles. The van der Waals surface area contributed by atoms with Crippen LogP contribution >= 0.6 is 0 Å². The molecule has 4 rings (SSSR count). The van der Waals surface area contributed by atoms with Gasteiger partial charge in [0.25, 0.3) is 0 Å². The number of rotatable bonds is 5. The number of aromatic hydroxyl groups is 1. The molecular formula is C28H27F4N3O5. The lowest BCUT2D eigenvalue weighted by molar-refractivity contribution is -0.192. The molecule has 0 aliphatic carbocycles. The van der Waals surface area contributed by atoms with Crippen LogP contribution in [-0.4, -0.2) is 55.7 Å². The minimum Gasteiger partial charge on any atom is -0.504 e. The Kier molecular flexibility index (Phi) is 9.44. The van der Waals surface area contributed by atoms with Crippen molar-refractivity contribution < 1.29 is 42.0 Å². The summed E-state index contributed by atoms with van der Waals surface area (Å²) in [5, 5.41) is 26.7. The summed E-state index contributed by atoms with van der Waals surface area (Å²) >= 11 is 0. The van der Waals surface area contributed by atoms with Crippen LogP contribution in [0.5, 0.6) is 17.2 Å². The third-order valence-electron chi connectivity index (χ3n) is 6.32. The molecule has 0 atom stereocenters. The Hall–Kier alpha value is -4.50. The first-order chi connectivity index (χ1) is 18.9. The lowest BCUT2D eigenvalue weighted by Crippen LogP contribution is -2.39. The van der Waals surface area contributed by atoms with Gasteiger partial charge >= 0.3 is 12.1 Å². The van der Waals surface area contributed by atoms with E-state index in [2.05, 4.69) is 4.90 Å². The zero-order valence-electron chi connectivity index (χ0n) is 21.6. The number of hydrogen-bond acceptors (Lipinski definition) is 7. The van der Waals surface area contributed by atoms with Gasteiger partial charge in [-0.1, -0.05) is 12.1 Å². The third kappa shape index (κ3) is 6.92. The molecule has 212 valence electrons. The van der Waals surface area contributed by atoms with E-state index < -0.39 is 18.0 Å². The second-order valence-corrected chi connectivity index (χ2v) is 8.89. The standard InChI is InChI=1S/C26H26FN3O3.C2HF3O2/c1-32-24-6-5-17(12-23(24)31)26-21(16-3-4-18(15-28)22(27)11-16)13-20(14-25(26)33-2)30-9-7-19(29)8-10-30;3-2(4,5)1(6)7/h3-6,11-14,19,31H,7-10,29H2,1-2H3;(H,6,7). The van der Waals surface area contributed by atoms with E-state index in [4.69, 9.17) is 30.4 Å². The second-order valence-electron chi connectivity index (χ2n) is 8.89. The maximum Gasteiger partial charge on any atom is 0.490 e. The van der Waals surface area contributed by atoms with E-state index in [9.17, 15) is 22.7 Å². The lowest BCUT2D eigenvalue weighted by Gasteiger charge is -2.33. The van der Waals surface area contributed by atoms with Gasteiger partial charge in [-0.2, -0.15) is 18.4 Å². The highest BCUT2D eigenvalue weighted by Crippen LogP contribution is 2.45. The summed E-state index contributed by atoms with van der Waals surface area (Å²) < 4.78 is 57.3. The van der Waals surface area contributed by atoms with Crippen LogP contribution in [0.15, 0.2) is 48.5 Å². The molecule has 1 saturated heterocycles. The van der Waals surface area contributed by atoms with Crippen LogP contribution in [-0.2, 0) is 4.79 Å². The van der Waals surface area contributed by atoms with Crippen LogP contribution in [0.2, 0.25) is 0 Å². The minimum absolute atomic E-state index is 0.0110. The highest BCUT2D eigenvalue weighted by molar-refractivity contribution is 5.91. The molecule has 3 aromatic carbocycles. The van der Waals surface area contributed by atoms with E-state index in [0.717, 1.165) is 37.2 Å². The SMILES string of the molecule is COc1ccc(-c2c(OC)cc(N3CCC(N)CC3)cc2-c2ccc(C#N)c(F)c2)cc1O.O=C(O)C(F)(F)F. The Morgan fingerprint density at radius 1 is 1.02 bits per heavy atom. The molecule has 0 saturated carbocycles. The van der Waals surface area contributed by atoms with E-state index >= 15 is 0 Å². The molecule has 0 unspecified atom stereocenters. The molecule has 0 bridgehead atoms. The van der Waals surface area contributed by atoms with Crippen molar-refractivity contribution in [3.05, 3.63) is 59.9 Å². The predicted octanol–water partition coefficient (Wildman–Crippen LogP) is 5.31. The van der Waals surface area contributed by atoms with Gasteiger partial charge in [0.1, 0.15) is 17.6 Å². The molecule has 1 fully saturated rings. The number of carboxylic acid groups (broad SMARTS) is 1. The van der Waals surface area contributed by atoms with E-state index in [1.165, 1.54) is 19.2 Å². The van der Waals surface area contributed by atoms with E-state index in [0.29, 0.717) is 28.2 Å². The summed E-state index contributed by atoms with van der Waals surface area (Å²) in [5.41, 5.74) is 9.74. The van der Waals surface area contributed by atoms with E-state index in [1.807, 2.05) is 24.3 Å². The van der Waals surface area contributed by atoms with E-state index in [1.54, 1.807) is 25.3 Å². The minimum atomic E-state index is -5.08. The summed E-state index contributed by atoms with van der Waals surface area (Å²) in [7, 11) is 3.07. The first-order valence-electron chi connectivity index (χ1n) is 12.0. The molecular weight excluding hydrogens is 534 g/mol. The topological polar surface area (TPSA) is 129 Å². The first-order valence-corrected chi connectivity index (χ1v) is 12.0. The zero-order chi connectivity index (χ0) is 29.6. The maximum absolute atomic E-state index is 14.6. The zero-order valence-corrected chi connectivity index (χ0v) is 21.6. The Labute approximate surface area is 227 Å². The van der Waals surface area contributed by atoms with Gasteiger partial charge in [-0.3, -0.25) is 0 Å². The summed E-state index contributed by atoms with van der Waals surface area (Å²) in [6.07, 6.45) is -3.31. The number of hydrogen-bond donors (Lipinski definition) is 3. The highest BCUT2D eigenvalue weighted by Gasteiger charge is 2.38. The van der Waals surface area contributed by atoms with Crippen LogP contribution in [0.25, 0.3) is 22.3 Å². The molecule has 4 N–H and O–H groups in total. The molecule has 0 aromatic heterocycles. The average molecular weight is 562 g/mol. The largest absolute Gasteiger partial charge is 0.504 e. The molecule has 12 heteroatoms. The smallest absolute Gasteiger partial charge is 0.490 e. The molecule has 1 aliphatic heterocycles. The number of halogens is 4. The van der Waals surface area contributed by atoms with Crippen molar-refractivity contribution in [3.63, 3.8) is 0 Å². The van der Waals surface area contributed by atoms with Crippen molar-refractivity contribution in [1.29, 1.82) is 5.26 Å². The van der Waals surface area contributed by atoms with Crippen molar-refractivity contribution in [2.75, 3.05) is 32.2 Å². The van der Waals surface area contributed by atoms with Gasteiger partial charge in [0.05, 0.1) is 19.8 Å². The van der Waals surface area contributed by atoms with Crippen molar-refractivity contribution in [3.8, 4) is 45.6 Å². The van der Waals surface area contributed by atoms with Crippen LogP contribution in [0.3, 0.4) is 0 Å². The fraction of sp³-hybridized carbons (Fsp3) is 0.286. The number of phenolic OH excluding ortho intramolecular Hbond substituents is 1. The van der Waals surface area contributed by atoms with Crippen LogP contribution in [0, 0.1) is 17.1 Å². The molecule has 40 heavy (non-hydrogen) atoms. The lowest BCUT2D eigenvalue weighted by atomic mass is 9.91. The number of benzene rings is 3. The average Bonchev–Trinajstić information content (AvgIpc) is 2.92. The number of aliphatic carboxylic acids is 1. The number of alkyl halides is 3. The highest BCUT2D eigenvalue weighted by atomic mass is 19.4. The molecule has 3 aromatic rings. The number of anilines is 1. The second kappa shape index (κ2) is 12.6. The van der Waals surface area contributed by atoms with Gasteiger partial charge in [0.2, 0.25) is 0 Å². The van der Waals surface area contributed by atoms with Crippen molar-refractivity contribution in [2.24, 2.45) is 5.73 Å². The van der Waals surface area contributed by atoms with Gasteiger partial charge in [-0.25, -0.2) is 9.18 Å². The quantitative estimate of drug-likeness (QED) is 0.357. The Bertz CT molecular complexity index is 1410. The fourth-order valence-corrected chi connectivity index (χ4v) is 4.25.